The third-order valence-corrected chi connectivity index (χ3v) is 2.91. The van der Waals surface area contributed by atoms with Gasteiger partial charge in [0.2, 0.25) is 5.72 Å². The van der Waals surface area contributed by atoms with Crippen LogP contribution in [0.25, 0.3) is 10.4 Å². The van der Waals surface area contributed by atoms with E-state index in [9.17, 15) is 19.1 Å². The van der Waals surface area contributed by atoms with Gasteiger partial charge in [0.25, 0.3) is 5.56 Å². The van der Waals surface area contributed by atoms with Crippen molar-refractivity contribution in [3.8, 4) is 0 Å². The van der Waals surface area contributed by atoms with Crippen molar-refractivity contribution in [2.45, 2.75) is 24.2 Å². The molecule has 108 valence electrons. The van der Waals surface area contributed by atoms with Crippen molar-refractivity contribution in [3.05, 3.63) is 43.5 Å². The summed E-state index contributed by atoms with van der Waals surface area (Å²) >= 11 is 0. The molecule has 4 atom stereocenters. The van der Waals surface area contributed by atoms with Crippen LogP contribution in [0, 0.1) is 0 Å². The van der Waals surface area contributed by atoms with Crippen molar-refractivity contribution in [2.24, 2.45) is 5.11 Å². The third-order valence-electron chi connectivity index (χ3n) is 2.91. The number of aliphatic hydroxyl groups excluding tert-OH is 2. The Morgan fingerprint density at radius 1 is 1.65 bits per heavy atom. The highest BCUT2D eigenvalue weighted by molar-refractivity contribution is 5.01. The lowest BCUT2D eigenvalue weighted by Gasteiger charge is -2.22. The molecular weight excluding hydrogens is 277 g/mol. The van der Waals surface area contributed by atoms with E-state index >= 15 is 0 Å². The number of H-pyrrole nitrogens is 1. The van der Waals surface area contributed by atoms with Crippen LogP contribution in [0.4, 0.5) is 4.39 Å². The summed E-state index contributed by atoms with van der Waals surface area (Å²) in [5, 5.41) is 21.9. The molecule has 1 aliphatic heterocycles. The second kappa shape index (κ2) is 5.06. The zero-order valence-electron chi connectivity index (χ0n) is 9.88. The molecular formula is C9H10FN5O5. The Morgan fingerprint density at radius 3 is 2.90 bits per heavy atom. The van der Waals surface area contributed by atoms with Crippen molar-refractivity contribution in [1.29, 1.82) is 0 Å². The topological polar surface area (TPSA) is 153 Å². The van der Waals surface area contributed by atoms with Gasteiger partial charge in [0, 0.05) is 17.2 Å². The number of rotatable bonds is 3. The lowest BCUT2D eigenvalue weighted by atomic mass is 10.1. The van der Waals surface area contributed by atoms with Gasteiger partial charge in [0.05, 0.1) is 6.61 Å². The van der Waals surface area contributed by atoms with E-state index in [2.05, 4.69) is 10.0 Å². The molecule has 0 spiro atoms. The van der Waals surface area contributed by atoms with Crippen molar-refractivity contribution < 1.29 is 19.3 Å². The highest BCUT2D eigenvalue weighted by atomic mass is 19.1. The number of alkyl halides is 1. The lowest BCUT2D eigenvalue weighted by molar-refractivity contribution is -0.116. The Balaban J connectivity index is 2.47. The minimum Gasteiger partial charge on any atom is -0.393 e. The number of aliphatic hydroxyl groups is 2. The Bertz CT molecular complexity index is 667. The maximum absolute atomic E-state index is 14.0. The summed E-state index contributed by atoms with van der Waals surface area (Å²) in [6, 6.07) is 0.969. The number of hydrogen-bond donors (Lipinski definition) is 3. The zero-order chi connectivity index (χ0) is 14.9. The van der Waals surface area contributed by atoms with Crippen molar-refractivity contribution in [3.63, 3.8) is 0 Å². The molecule has 1 fully saturated rings. The van der Waals surface area contributed by atoms with E-state index in [0.717, 1.165) is 16.8 Å². The monoisotopic (exact) mass is 287 g/mol. The highest BCUT2D eigenvalue weighted by Crippen LogP contribution is 2.39. The van der Waals surface area contributed by atoms with E-state index in [-0.39, 0.29) is 0 Å². The number of aromatic amines is 1. The molecule has 10 nitrogen and oxygen atoms in total. The Labute approximate surface area is 109 Å². The van der Waals surface area contributed by atoms with Gasteiger partial charge in [-0.05, 0) is 5.53 Å². The summed E-state index contributed by atoms with van der Waals surface area (Å²) in [6.07, 6.45) is -4.67. The van der Waals surface area contributed by atoms with Crippen molar-refractivity contribution in [1.82, 2.24) is 9.55 Å². The van der Waals surface area contributed by atoms with E-state index in [0.29, 0.717) is 0 Å². The second-order valence-corrected chi connectivity index (χ2v) is 4.11. The molecule has 0 aromatic carbocycles. The average Bonchev–Trinajstić information content (AvgIpc) is 2.65. The van der Waals surface area contributed by atoms with Crippen LogP contribution in [0.2, 0.25) is 0 Å². The molecule has 2 heterocycles. The fraction of sp³-hybridized carbons (Fsp3) is 0.556. The maximum Gasteiger partial charge on any atom is 0.330 e. The van der Waals surface area contributed by atoms with Crippen LogP contribution in [0.3, 0.4) is 0 Å². The number of ether oxygens (including phenoxy) is 1. The first-order valence-electron chi connectivity index (χ1n) is 5.44. The minimum absolute atomic E-state index is 0.681. The smallest absolute Gasteiger partial charge is 0.330 e. The number of nitrogens with zero attached hydrogens (tertiary/aromatic N) is 4. The molecule has 0 saturated carbocycles. The molecule has 1 aromatic rings. The summed E-state index contributed by atoms with van der Waals surface area (Å²) in [5.41, 5.74) is 4.43. The van der Waals surface area contributed by atoms with Gasteiger partial charge in [-0.1, -0.05) is 5.11 Å². The SMILES string of the molecule is [N-]=[N+]=N[C@]1(CO)OC(n2ccc(=O)[nH]c2=O)[C@H](O)[C@@H]1F. The predicted molar refractivity (Wildman–Crippen MR) is 61.3 cm³/mol. The van der Waals surface area contributed by atoms with Crippen LogP contribution in [-0.2, 0) is 4.74 Å². The first kappa shape index (κ1) is 14.2. The van der Waals surface area contributed by atoms with Gasteiger partial charge in [0.15, 0.2) is 12.4 Å². The molecule has 0 amide bonds. The van der Waals surface area contributed by atoms with Crippen LogP contribution in [-0.4, -0.2) is 44.4 Å². The largest absolute Gasteiger partial charge is 0.393 e. The molecule has 0 bridgehead atoms. The quantitative estimate of drug-likeness (QED) is 0.360. The third kappa shape index (κ3) is 2.08. The normalized spacial score (nSPS) is 32.9. The maximum atomic E-state index is 14.0. The molecule has 3 N–H and O–H groups in total. The molecule has 11 heteroatoms. The summed E-state index contributed by atoms with van der Waals surface area (Å²) in [4.78, 5) is 26.8. The van der Waals surface area contributed by atoms with Gasteiger partial charge >= 0.3 is 5.69 Å². The van der Waals surface area contributed by atoms with Gasteiger partial charge < -0.3 is 14.9 Å². The molecule has 20 heavy (non-hydrogen) atoms. The first-order valence-corrected chi connectivity index (χ1v) is 5.44. The van der Waals surface area contributed by atoms with Gasteiger partial charge in [-0.25, -0.2) is 9.18 Å². The molecule has 1 aromatic heterocycles. The van der Waals surface area contributed by atoms with Crippen LogP contribution < -0.4 is 11.2 Å². The van der Waals surface area contributed by atoms with Crippen molar-refractivity contribution >= 4 is 0 Å². The Morgan fingerprint density at radius 2 is 2.35 bits per heavy atom. The summed E-state index contributed by atoms with van der Waals surface area (Å²) in [7, 11) is 0. The first-order chi connectivity index (χ1) is 9.45. The number of hydrogen-bond acceptors (Lipinski definition) is 6. The van der Waals surface area contributed by atoms with Gasteiger partial charge in [-0.15, -0.1) is 0 Å². The van der Waals surface area contributed by atoms with Crippen LogP contribution in [0.5, 0.6) is 0 Å². The second-order valence-electron chi connectivity index (χ2n) is 4.11. The van der Waals surface area contributed by atoms with E-state index in [1.165, 1.54) is 0 Å². The molecule has 1 unspecified atom stereocenters. The van der Waals surface area contributed by atoms with Crippen molar-refractivity contribution in [2.75, 3.05) is 6.61 Å². The van der Waals surface area contributed by atoms with E-state index in [4.69, 9.17) is 15.4 Å². The lowest BCUT2D eigenvalue weighted by Crippen LogP contribution is -2.41. The minimum atomic E-state index is -2.32. The number of aromatic nitrogens is 2. The summed E-state index contributed by atoms with van der Waals surface area (Å²) < 4.78 is 19.7. The number of azide groups is 1. The Kier molecular flexibility index (Phi) is 3.59. The van der Waals surface area contributed by atoms with E-state index < -0.39 is 42.1 Å². The standard InChI is InChI=1S/C9H10FN5O5/c10-6-5(18)7(20-9(6,3-16)13-14-11)15-2-1-4(17)12-8(15)19/h1-2,5-7,16,18H,3H2,(H,12,17,19)/t5-,6+,7?,9-/m1/s1. The Hall–Kier alpha value is -2.20. The van der Waals surface area contributed by atoms with Gasteiger partial charge in [0.1, 0.15) is 6.10 Å². The summed E-state index contributed by atoms with van der Waals surface area (Å²) in [6.45, 7) is -1.02. The molecule has 1 aliphatic rings. The van der Waals surface area contributed by atoms with Gasteiger partial charge in [-0.2, -0.15) is 0 Å². The molecule has 0 radical (unpaired) electrons. The summed E-state index contributed by atoms with van der Waals surface area (Å²) in [5.74, 6) is 0. The van der Waals surface area contributed by atoms with E-state index in [1.54, 1.807) is 0 Å². The van der Waals surface area contributed by atoms with E-state index in [1.807, 2.05) is 4.98 Å². The van der Waals surface area contributed by atoms with Crippen LogP contribution in [0.1, 0.15) is 6.23 Å². The fourth-order valence-electron chi connectivity index (χ4n) is 1.91. The average molecular weight is 287 g/mol. The number of nitrogens with one attached hydrogen (secondary N) is 1. The predicted octanol–water partition coefficient (Wildman–Crippen LogP) is -1.24. The van der Waals surface area contributed by atoms with Gasteiger partial charge in [-0.3, -0.25) is 14.3 Å². The highest BCUT2D eigenvalue weighted by Gasteiger charge is 2.56. The van der Waals surface area contributed by atoms with Crippen LogP contribution in [0.15, 0.2) is 27.0 Å². The molecule has 1 saturated heterocycles. The molecule has 0 aliphatic carbocycles. The fourth-order valence-corrected chi connectivity index (χ4v) is 1.91. The number of halogens is 1. The zero-order valence-corrected chi connectivity index (χ0v) is 9.88. The molecule has 2 rings (SSSR count). The van der Waals surface area contributed by atoms with Crippen LogP contribution >= 0.6 is 0 Å².